The Morgan fingerprint density at radius 1 is 1.04 bits per heavy atom. The van der Waals surface area contributed by atoms with Crippen LogP contribution in [0.15, 0.2) is 27.8 Å². The zero-order chi connectivity index (χ0) is 20.6. The van der Waals surface area contributed by atoms with Crippen LogP contribution >= 0.6 is 23.2 Å². The second-order valence-corrected chi connectivity index (χ2v) is 7.44. The van der Waals surface area contributed by atoms with Crippen LogP contribution in [-0.4, -0.2) is 43.2 Å². The molecule has 0 N–H and O–H groups in total. The van der Waals surface area contributed by atoms with Crippen molar-refractivity contribution in [1.29, 1.82) is 0 Å². The first-order chi connectivity index (χ1) is 13.3. The summed E-state index contributed by atoms with van der Waals surface area (Å²) in [5.41, 5.74) is 0.717. The second kappa shape index (κ2) is 8.11. The van der Waals surface area contributed by atoms with Crippen molar-refractivity contribution in [3.8, 4) is 11.4 Å². The number of halogens is 2. The second-order valence-electron chi connectivity index (χ2n) is 6.62. The van der Waals surface area contributed by atoms with Crippen molar-refractivity contribution < 1.29 is 0 Å². The van der Waals surface area contributed by atoms with E-state index in [4.69, 9.17) is 23.2 Å². The molecule has 2 heterocycles. The van der Waals surface area contributed by atoms with Crippen molar-refractivity contribution in [2.24, 2.45) is 14.1 Å². The Kier molecular flexibility index (Phi) is 5.98. The average molecular weight is 424 g/mol. The zero-order valence-electron chi connectivity index (χ0n) is 16.4. The number of aromatic nitrogens is 4. The van der Waals surface area contributed by atoms with Crippen LogP contribution in [0, 0.1) is 0 Å². The Labute approximate surface area is 172 Å². The summed E-state index contributed by atoms with van der Waals surface area (Å²) >= 11 is 12.3. The molecule has 150 valence electrons. The predicted molar refractivity (Wildman–Crippen MR) is 113 cm³/mol. The molecule has 3 rings (SSSR count). The van der Waals surface area contributed by atoms with Gasteiger partial charge in [0, 0.05) is 32.7 Å². The molecular weight excluding hydrogens is 401 g/mol. The van der Waals surface area contributed by atoms with Gasteiger partial charge >= 0.3 is 5.69 Å². The van der Waals surface area contributed by atoms with Gasteiger partial charge in [0.15, 0.2) is 11.2 Å². The minimum absolute atomic E-state index is 0.355. The Balaban J connectivity index is 2.29. The molecule has 0 saturated heterocycles. The molecule has 1 aromatic carbocycles. The number of likely N-dealkylation sites (N-methyl/N-ethyl adjacent to an activating group) is 1. The number of nitrogens with zero attached hydrogens (tertiary/aromatic N) is 5. The van der Waals surface area contributed by atoms with Gasteiger partial charge in [-0.15, -0.1) is 0 Å². The third-order valence-corrected chi connectivity index (χ3v) is 5.80. The van der Waals surface area contributed by atoms with Gasteiger partial charge in [0.2, 0.25) is 0 Å². The zero-order valence-corrected chi connectivity index (χ0v) is 17.9. The fraction of sp³-hybridized carbons (Fsp3) is 0.421. The standard InChI is InChI=1S/C19H23Cl2N5O2/c1-5-25(6-2)9-10-26-15-17(23(3)19(28)24(4)18(15)27)22-16(26)12-7-8-13(20)14(21)11-12/h7-8,11H,5-6,9-10H2,1-4H3. The molecule has 2 aromatic heterocycles. The lowest BCUT2D eigenvalue weighted by molar-refractivity contribution is 0.292. The van der Waals surface area contributed by atoms with E-state index in [1.165, 1.54) is 11.6 Å². The summed E-state index contributed by atoms with van der Waals surface area (Å²) in [6, 6.07) is 5.23. The first kappa shape index (κ1) is 20.6. The number of fused-ring (bicyclic) bond motifs is 1. The van der Waals surface area contributed by atoms with Crippen molar-refractivity contribution >= 4 is 34.4 Å². The lowest BCUT2D eigenvalue weighted by atomic mass is 10.2. The van der Waals surface area contributed by atoms with Gasteiger partial charge < -0.3 is 9.47 Å². The molecule has 0 aliphatic heterocycles. The van der Waals surface area contributed by atoms with E-state index < -0.39 is 5.69 Å². The van der Waals surface area contributed by atoms with Gasteiger partial charge in [-0.1, -0.05) is 37.0 Å². The van der Waals surface area contributed by atoms with Crippen LogP contribution in [0.2, 0.25) is 10.0 Å². The molecule has 0 amide bonds. The number of hydrogen-bond donors (Lipinski definition) is 0. The molecular formula is C19H23Cl2N5O2. The van der Waals surface area contributed by atoms with Crippen LogP contribution in [0.25, 0.3) is 22.6 Å². The third-order valence-electron chi connectivity index (χ3n) is 5.06. The molecule has 0 unspecified atom stereocenters. The topological polar surface area (TPSA) is 65.1 Å². The fourth-order valence-electron chi connectivity index (χ4n) is 3.30. The maximum Gasteiger partial charge on any atom is 0.332 e. The van der Waals surface area contributed by atoms with E-state index in [-0.39, 0.29) is 5.56 Å². The number of hydrogen-bond acceptors (Lipinski definition) is 4. The smallest absolute Gasteiger partial charge is 0.317 e. The molecule has 0 radical (unpaired) electrons. The van der Waals surface area contributed by atoms with Crippen molar-refractivity contribution in [3.05, 3.63) is 49.1 Å². The first-order valence-corrected chi connectivity index (χ1v) is 9.89. The quantitative estimate of drug-likeness (QED) is 0.611. The molecule has 0 aliphatic carbocycles. The number of aryl methyl sites for hydroxylation is 1. The summed E-state index contributed by atoms with van der Waals surface area (Å²) in [6.45, 7) is 7.31. The number of imidazole rings is 1. The van der Waals surface area contributed by atoms with E-state index in [1.807, 2.05) is 10.6 Å². The molecule has 0 saturated carbocycles. The van der Waals surface area contributed by atoms with Crippen LogP contribution in [-0.2, 0) is 20.6 Å². The fourth-order valence-corrected chi connectivity index (χ4v) is 3.60. The van der Waals surface area contributed by atoms with Crippen LogP contribution in [0.4, 0.5) is 0 Å². The third kappa shape index (κ3) is 3.50. The van der Waals surface area contributed by atoms with Gasteiger partial charge in [-0.05, 0) is 31.3 Å². The maximum absolute atomic E-state index is 12.9. The summed E-state index contributed by atoms with van der Waals surface area (Å²) < 4.78 is 4.37. The molecule has 9 heteroatoms. The van der Waals surface area contributed by atoms with Gasteiger partial charge in [0.25, 0.3) is 5.56 Å². The molecule has 0 atom stereocenters. The Morgan fingerprint density at radius 3 is 2.32 bits per heavy atom. The van der Waals surface area contributed by atoms with E-state index in [1.54, 1.807) is 19.2 Å². The molecule has 0 spiro atoms. The normalized spacial score (nSPS) is 11.7. The Bertz CT molecular complexity index is 1140. The summed E-state index contributed by atoms with van der Waals surface area (Å²) in [5, 5.41) is 0.850. The van der Waals surface area contributed by atoms with E-state index in [0.717, 1.165) is 29.8 Å². The molecule has 7 nitrogen and oxygen atoms in total. The van der Waals surface area contributed by atoms with Gasteiger partial charge in [0.05, 0.1) is 10.0 Å². The van der Waals surface area contributed by atoms with E-state index in [2.05, 4.69) is 23.7 Å². The van der Waals surface area contributed by atoms with Crippen LogP contribution in [0.1, 0.15) is 13.8 Å². The largest absolute Gasteiger partial charge is 0.332 e. The SMILES string of the molecule is CCN(CC)CCn1c(-c2ccc(Cl)c(Cl)c2)nc2c1c(=O)n(C)c(=O)n2C. The average Bonchev–Trinajstić information content (AvgIpc) is 3.07. The Hall–Kier alpha value is -2.09. The van der Waals surface area contributed by atoms with Crippen LogP contribution in [0.3, 0.4) is 0 Å². The minimum atomic E-state index is -0.411. The van der Waals surface area contributed by atoms with Crippen LogP contribution in [0.5, 0.6) is 0 Å². The molecule has 0 aliphatic rings. The number of rotatable bonds is 6. The van der Waals surface area contributed by atoms with Crippen molar-refractivity contribution in [1.82, 2.24) is 23.6 Å². The van der Waals surface area contributed by atoms with Gasteiger partial charge in [0.1, 0.15) is 5.82 Å². The highest BCUT2D eigenvalue weighted by Crippen LogP contribution is 2.29. The Morgan fingerprint density at radius 2 is 1.71 bits per heavy atom. The maximum atomic E-state index is 12.9. The summed E-state index contributed by atoms with van der Waals surface area (Å²) in [6.07, 6.45) is 0. The molecule has 3 aromatic rings. The van der Waals surface area contributed by atoms with Crippen molar-refractivity contribution in [2.45, 2.75) is 20.4 Å². The predicted octanol–water partition coefficient (Wildman–Crippen LogP) is 2.75. The lowest BCUT2D eigenvalue weighted by Gasteiger charge is -2.19. The number of benzene rings is 1. The molecule has 0 fully saturated rings. The van der Waals surface area contributed by atoms with Gasteiger partial charge in [-0.25, -0.2) is 9.78 Å². The first-order valence-electron chi connectivity index (χ1n) is 9.14. The van der Waals surface area contributed by atoms with E-state index >= 15 is 0 Å². The monoisotopic (exact) mass is 423 g/mol. The van der Waals surface area contributed by atoms with Crippen molar-refractivity contribution in [3.63, 3.8) is 0 Å². The molecule has 0 bridgehead atoms. The minimum Gasteiger partial charge on any atom is -0.317 e. The highest BCUT2D eigenvalue weighted by molar-refractivity contribution is 6.42. The van der Waals surface area contributed by atoms with Crippen molar-refractivity contribution in [2.75, 3.05) is 19.6 Å². The highest BCUT2D eigenvalue weighted by atomic mass is 35.5. The van der Waals surface area contributed by atoms with Crippen LogP contribution < -0.4 is 11.2 Å². The van der Waals surface area contributed by atoms with Gasteiger partial charge in [-0.3, -0.25) is 13.9 Å². The van der Waals surface area contributed by atoms with Gasteiger partial charge in [-0.2, -0.15) is 0 Å². The molecule has 28 heavy (non-hydrogen) atoms. The lowest BCUT2D eigenvalue weighted by Crippen LogP contribution is -2.38. The summed E-state index contributed by atoms with van der Waals surface area (Å²) in [4.78, 5) is 32.1. The highest BCUT2D eigenvalue weighted by Gasteiger charge is 2.20. The summed E-state index contributed by atoms with van der Waals surface area (Å²) in [7, 11) is 3.09. The van der Waals surface area contributed by atoms with E-state index in [9.17, 15) is 9.59 Å². The summed E-state index contributed by atoms with van der Waals surface area (Å²) in [5.74, 6) is 0.582. The van der Waals surface area contributed by atoms with E-state index in [0.29, 0.717) is 33.6 Å².